The monoisotopic (exact) mass is 334 g/mol. The molecule has 5 nitrogen and oxygen atoms in total. The molecular weight excluding hydrogens is 313 g/mol. The molecular formula is C15H21F3N2O3. The van der Waals surface area contributed by atoms with Crippen LogP contribution in [0.3, 0.4) is 0 Å². The Kier molecular flexibility index (Phi) is 5.67. The average molecular weight is 334 g/mol. The van der Waals surface area contributed by atoms with E-state index in [0.29, 0.717) is 24.3 Å². The van der Waals surface area contributed by atoms with Crippen molar-refractivity contribution in [2.75, 3.05) is 6.61 Å². The number of nitrogens with one attached hydrogen (secondary N) is 1. The van der Waals surface area contributed by atoms with Crippen molar-refractivity contribution in [1.82, 2.24) is 10.5 Å². The van der Waals surface area contributed by atoms with Gasteiger partial charge in [0.1, 0.15) is 12.4 Å². The van der Waals surface area contributed by atoms with Gasteiger partial charge in [-0.3, -0.25) is 4.79 Å². The van der Waals surface area contributed by atoms with E-state index < -0.39 is 18.9 Å². The van der Waals surface area contributed by atoms with Crippen LogP contribution in [0.15, 0.2) is 4.52 Å². The molecule has 0 aromatic carbocycles. The zero-order valence-corrected chi connectivity index (χ0v) is 13.2. The van der Waals surface area contributed by atoms with Crippen LogP contribution >= 0.6 is 0 Å². The maximum absolute atomic E-state index is 12.2. The highest BCUT2D eigenvalue weighted by molar-refractivity contribution is 5.79. The van der Waals surface area contributed by atoms with Crippen molar-refractivity contribution >= 4 is 5.91 Å². The number of carbonyl (C=O) groups is 1. The summed E-state index contributed by atoms with van der Waals surface area (Å²) in [5.41, 5.74) is 1.43. The third-order valence-electron chi connectivity index (χ3n) is 3.99. The first-order valence-corrected chi connectivity index (χ1v) is 7.64. The van der Waals surface area contributed by atoms with Crippen LogP contribution in [0.5, 0.6) is 0 Å². The minimum absolute atomic E-state index is 0.157. The lowest BCUT2D eigenvalue weighted by atomic mass is 9.92. The highest BCUT2D eigenvalue weighted by atomic mass is 19.4. The molecule has 8 heteroatoms. The van der Waals surface area contributed by atoms with Crippen molar-refractivity contribution in [2.24, 2.45) is 0 Å². The second-order valence-electron chi connectivity index (χ2n) is 5.96. The summed E-state index contributed by atoms with van der Waals surface area (Å²) in [6.07, 6.45) is -2.14. The molecule has 0 aliphatic heterocycles. The molecule has 2 rings (SSSR count). The van der Waals surface area contributed by atoms with Gasteiger partial charge in [0.2, 0.25) is 5.91 Å². The fourth-order valence-corrected chi connectivity index (χ4v) is 2.83. The number of nitrogens with zero attached hydrogens (tertiary/aromatic N) is 1. The van der Waals surface area contributed by atoms with E-state index in [1.165, 1.54) is 0 Å². The SMILES string of the molecule is Cc1noc(C)c1CC(=O)N[C@@H]1CCC[C@@H](OCC(F)(F)F)C1. The number of halogens is 3. The predicted octanol–water partition coefficient (Wildman–Crippen LogP) is 2.84. The minimum Gasteiger partial charge on any atom is -0.369 e. The zero-order valence-electron chi connectivity index (χ0n) is 13.2. The zero-order chi connectivity index (χ0) is 17.0. The third kappa shape index (κ3) is 5.53. The Bertz CT molecular complexity index is 523. The Balaban J connectivity index is 1.81. The summed E-state index contributed by atoms with van der Waals surface area (Å²) in [6, 6.07) is -0.157. The van der Waals surface area contributed by atoms with Crippen molar-refractivity contribution in [3.63, 3.8) is 0 Å². The fraction of sp³-hybridized carbons (Fsp3) is 0.733. The lowest BCUT2D eigenvalue weighted by Gasteiger charge is -2.30. The van der Waals surface area contributed by atoms with E-state index in [4.69, 9.17) is 9.26 Å². The number of hydrogen-bond donors (Lipinski definition) is 1. The summed E-state index contributed by atoms with van der Waals surface area (Å²) < 4.78 is 46.5. The molecule has 1 fully saturated rings. The van der Waals surface area contributed by atoms with E-state index in [1.807, 2.05) is 0 Å². The maximum atomic E-state index is 12.2. The predicted molar refractivity (Wildman–Crippen MR) is 75.9 cm³/mol. The molecule has 0 saturated heterocycles. The van der Waals surface area contributed by atoms with Gasteiger partial charge in [0.05, 0.1) is 18.2 Å². The first kappa shape index (κ1) is 17.8. The summed E-state index contributed by atoms with van der Waals surface area (Å²) in [5.74, 6) is 0.425. The van der Waals surface area contributed by atoms with Crippen molar-refractivity contribution in [3.05, 3.63) is 17.0 Å². The largest absolute Gasteiger partial charge is 0.411 e. The van der Waals surface area contributed by atoms with Crippen LogP contribution in [-0.4, -0.2) is 36.0 Å². The van der Waals surface area contributed by atoms with Crippen LogP contribution in [0.1, 0.15) is 42.7 Å². The molecule has 1 amide bonds. The number of carbonyl (C=O) groups excluding carboxylic acids is 1. The van der Waals surface area contributed by atoms with Crippen molar-refractivity contribution in [3.8, 4) is 0 Å². The molecule has 23 heavy (non-hydrogen) atoms. The molecule has 1 saturated carbocycles. The third-order valence-corrected chi connectivity index (χ3v) is 3.99. The highest BCUT2D eigenvalue weighted by Gasteiger charge is 2.31. The second-order valence-corrected chi connectivity index (χ2v) is 5.96. The molecule has 0 spiro atoms. The quantitative estimate of drug-likeness (QED) is 0.899. The molecule has 0 bridgehead atoms. The number of rotatable bonds is 5. The highest BCUT2D eigenvalue weighted by Crippen LogP contribution is 2.24. The lowest BCUT2D eigenvalue weighted by molar-refractivity contribution is -0.188. The van der Waals surface area contributed by atoms with Gasteiger partial charge >= 0.3 is 6.18 Å². The number of aromatic nitrogens is 1. The Morgan fingerprint density at radius 3 is 2.74 bits per heavy atom. The van der Waals surface area contributed by atoms with Gasteiger partial charge in [-0.15, -0.1) is 0 Å². The second kappa shape index (κ2) is 7.33. The summed E-state index contributed by atoms with van der Waals surface area (Å²) in [5, 5.41) is 6.66. The van der Waals surface area contributed by atoms with Crippen LogP contribution in [0.4, 0.5) is 13.2 Å². The molecule has 1 aromatic rings. The first-order chi connectivity index (χ1) is 10.7. The summed E-state index contributed by atoms with van der Waals surface area (Å²) >= 11 is 0. The summed E-state index contributed by atoms with van der Waals surface area (Å²) in [7, 11) is 0. The van der Waals surface area contributed by atoms with Crippen molar-refractivity contribution < 1.29 is 27.2 Å². The first-order valence-electron chi connectivity index (χ1n) is 7.64. The van der Waals surface area contributed by atoms with E-state index in [9.17, 15) is 18.0 Å². The number of ether oxygens (including phenoxy) is 1. The molecule has 1 aromatic heterocycles. The average Bonchev–Trinajstić information content (AvgIpc) is 2.77. The fourth-order valence-electron chi connectivity index (χ4n) is 2.83. The van der Waals surface area contributed by atoms with E-state index in [1.54, 1.807) is 13.8 Å². The van der Waals surface area contributed by atoms with E-state index >= 15 is 0 Å². The molecule has 1 aliphatic rings. The lowest BCUT2D eigenvalue weighted by Crippen LogP contribution is -2.41. The molecule has 2 atom stereocenters. The molecule has 0 unspecified atom stereocenters. The topological polar surface area (TPSA) is 64.4 Å². The van der Waals surface area contributed by atoms with Gasteiger partial charge in [0.25, 0.3) is 0 Å². The Morgan fingerprint density at radius 2 is 2.13 bits per heavy atom. The number of amides is 1. The maximum Gasteiger partial charge on any atom is 0.411 e. The van der Waals surface area contributed by atoms with Crippen LogP contribution in [0.2, 0.25) is 0 Å². The molecule has 1 aliphatic carbocycles. The number of hydrogen-bond acceptors (Lipinski definition) is 4. The van der Waals surface area contributed by atoms with Crippen molar-refractivity contribution in [2.45, 2.75) is 64.3 Å². The van der Waals surface area contributed by atoms with E-state index in [2.05, 4.69) is 10.5 Å². The smallest absolute Gasteiger partial charge is 0.369 e. The molecule has 130 valence electrons. The van der Waals surface area contributed by atoms with Gasteiger partial charge < -0.3 is 14.6 Å². The van der Waals surface area contributed by atoms with Gasteiger partial charge in [-0.25, -0.2) is 0 Å². The normalized spacial score (nSPS) is 22.1. The number of alkyl halides is 3. The van der Waals surface area contributed by atoms with Gasteiger partial charge in [-0.1, -0.05) is 5.16 Å². The summed E-state index contributed by atoms with van der Waals surface area (Å²) in [6.45, 7) is 2.27. The number of aryl methyl sites for hydroxylation is 2. The molecule has 1 heterocycles. The summed E-state index contributed by atoms with van der Waals surface area (Å²) in [4.78, 5) is 12.1. The van der Waals surface area contributed by atoms with Gasteiger partial charge in [-0.05, 0) is 39.5 Å². The van der Waals surface area contributed by atoms with Crippen LogP contribution in [0, 0.1) is 13.8 Å². The van der Waals surface area contributed by atoms with Gasteiger partial charge in [0.15, 0.2) is 0 Å². The van der Waals surface area contributed by atoms with E-state index in [0.717, 1.165) is 18.4 Å². The van der Waals surface area contributed by atoms with Gasteiger partial charge in [-0.2, -0.15) is 13.2 Å². The minimum atomic E-state index is -4.32. The van der Waals surface area contributed by atoms with E-state index in [-0.39, 0.29) is 18.4 Å². The van der Waals surface area contributed by atoms with Gasteiger partial charge in [0, 0.05) is 11.6 Å². The van der Waals surface area contributed by atoms with Crippen LogP contribution in [0.25, 0.3) is 0 Å². The van der Waals surface area contributed by atoms with Crippen LogP contribution < -0.4 is 5.32 Å². The van der Waals surface area contributed by atoms with Crippen LogP contribution in [-0.2, 0) is 16.0 Å². The standard InChI is InChI=1S/C15H21F3N2O3/c1-9-13(10(2)23-20-9)7-14(21)19-11-4-3-5-12(6-11)22-8-15(16,17)18/h11-12H,3-8H2,1-2H3,(H,19,21)/t11-,12-/m1/s1. The Hall–Kier alpha value is -1.57. The molecule has 0 radical (unpaired) electrons. The van der Waals surface area contributed by atoms with Crippen molar-refractivity contribution in [1.29, 1.82) is 0 Å². The Morgan fingerprint density at radius 1 is 1.39 bits per heavy atom. The Labute approximate surface area is 132 Å². The molecule has 1 N–H and O–H groups in total.